The van der Waals surface area contributed by atoms with Crippen molar-refractivity contribution in [2.24, 2.45) is 10.8 Å². The zero-order chi connectivity index (χ0) is 28.7. The van der Waals surface area contributed by atoms with Crippen LogP contribution >= 0.6 is 0 Å². The maximum atomic E-state index is 13.3. The number of esters is 2. The predicted octanol–water partition coefficient (Wildman–Crippen LogP) is 0.496. The van der Waals surface area contributed by atoms with Crippen LogP contribution in [-0.2, 0) is 38.0 Å². The number of ether oxygens (including phenoxy) is 6. The molecule has 3 saturated heterocycles. The minimum Gasteiger partial charge on any atom is -0.463 e. The largest absolute Gasteiger partial charge is 0.463 e. The van der Waals surface area contributed by atoms with E-state index in [-0.39, 0.29) is 25.7 Å². The molecular weight excluding hydrogens is 524 g/mol. The van der Waals surface area contributed by atoms with Gasteiger partial charge < -0.3 is 43.7 Å². The average Bonchev–Trinajstić information content (AvgIpc) is 3.81. The smallest absolute Gasteiger partial charge is 0.338 e. The van der Waals surface area contributed by atoms with Crippen molar-refractivity contribution in [1.29, 1.82) is 0 Å². The first-order chi connectivity index (χ1) is 18.9. The third-order valence-corrected chi connectivity index (χ3v) is 10.3. The first-order valence-electron chi connectivity index (χ1n) is 13.9. The van der Waals surface area contributed by atoms with Crippen molar-refractivity contribution in [2.75, 3.05) is 19.8 Å². The van der Waals surface area contributed by atoms with E-state index in [1.165, 1.54) is 12.2 Å². The molecule has 2 bridgehead atoms. The summed E-state index contributed by atoms with van der Waals surface area (Å²) < 4.78 is 35.9. The van der Waals surface area contributed by atoms with Gasteiger partial charge in [0.25, 0.3) is 0 Å². The molecule has 4 heterocycles. The molecule has 0 aromatic heterocycles. The summed E-state index contributed by atoms with van der Waals surface area (Å²) in [6.07, 6.45) is 2.24. The summed E-state index contributed by atoms with van der Waals surface area (Å²) in [5, 5.41) is 31.9. The number of hydrogen-bond donors (Lipinski definition) is 3. The molecule has 4 fully saturated rings. The number of fused-ring (bicyclic) bond motifs is 1. The number of aliphatic hydroxyl groups is 3. The average molecular weight is 563 g/mol. The Morgan fingerprint density at radius 1 is 1.10 bits per heavy atom. The molecule has 0 unspecified atom stereocenters. The summed E-state index contributed by atoms with van der Waals surface area (Å²) in [5.74, 6) is -1.23. The number of carbonyl (C=O) groups excluding carboxylic acids is 2. The topological polar surface area (TPSA) is 157 Å². The minimum atomic E-state index is -1.22. The van der Waals surface area contributed by atoms with Gasteiger partial charge in [0.05, 0.1) is 43.0 Å². The van der Waals surface area contributed by atoms with E-state index in [4.69, 9.17) is 28.4 Å². The summed E-state index contributed by atoms with van der Waals surface area (Å²) in [6.45, 7) is 7.03. The second kappa shape index (κ2) is 9.45. The van der Waals surface area contributed by atoms with Gasteiger partial charge in [-0.1, -0.05) is 31.2 Å². The van der Waals surface area contributed by atoms with E-state index >= 15 is 0 Å². The lowest BCUT2D eigenvalue weighted by Crippen LogP contribution is -2.68. The van der Waals surface area contributed by atoms with Crippen molar-refractivity contribution in [1.82, 2.24) is 0 Å². The van der Waals surface area contributed by atoms with E-state index in [2.05, 4.69) is 0 Å². The first-order valence-corrected chi connectivity index (χ1v) is 13.9. The van der Waals surface area contributed by atoms with Crippen LogP contribution in [0.25, 0.3) is 0 Å². The summed E-state index contributed by atoms with van der Waals surface area (Å²) in [5.41, 5.74) is -3.03. The molecule has 12 atom stereocenters. The molecule has 0 aromatic rings. The number of aliphatic hydroxyl groups excluding tert-OH is 3. The van der Waals surface area contributed by atoms with Gasteiger partial charge in [0.15, 0.2) is 6.10 Å². The highest BCUT2D eigenvalue weighted by molar-refractivity contribution is 5.82. The number of epoxide rings is 2. The molecule has 1 saturated carbocycles. The predicted molar refractivity (Wildman–Crippen MR) is 137 cm³/mol. The Balaban J connectivity index is 1.38. The van der Waals surface area contributed by atoms with Crippen LogP contribution in [0.3, 0.4) is 0 Å². The number of allylic oxidation sites excluding steroid dienone is 2. The van der Waals surface area contributed by atoms with Gasteiger partial charge in [0.1, 0.15) is 36.1 Å². The van der Waals surface area contributed by atoms with Crippen molar-refractivity contribution >= 4 is 11.9 Å². The Morgan fingerprint density at radius 2 is 1.85 bits per heavy atom. The molecule has 3 N–H and O–H groups in total. The van der Waals surface area contributed by atoms with Gasteiger partial charge in [-0.05, 0) is 32.8 Å². The standard InChI is InChI=1S/C29H38O11/c1-15-9-21-28(11-17(15)31)13-36-25(34)24-26(3,40-24)19(32)12-35-18(16(2)30)7-5-6-8-23(33)39-20-10-22(38-21)29(14-37-29)27(20,28)4/h5-9,16-22,24,30-32H,10-14H2,1-4H3/b7-5+,8-6+/t16-,17-,18+,19+,20-,21-,22-,24-,26-,27-,28-,29+/m0/s1. The monoisotopic (exact) mass is 562 g/mol. The van der Waals surface area contributed by atoms with E-state index in [9.17, 15) is 24.9 Å². The molecule has 0 aromatic carbocycles. The lowest BCUT2D eigenvalue weighted by Gasteiger charge is -2.58. The number of carbonyl (C=O) groups is 2. The van der Waals surface area contributed by atoms with Crippen LogP contribution < -0.4 is 0 Å². The van der Waals surface area contributed by atoms with Crippen LogP contribution in [0, 0.1) is 10.8 Å². The molecule has 2 aliphatic carbocycles. The van der Waals surface area contributed by atoms with Gasteiger partial charge in [-0.3, -0.25) is 0 Å². The summed E-state index contributed by atoms with van der Waals surface area (Å²) in [6, 6.07) is 0. The molecule has 4 aliphatic heterocycles. The summed E-state index contributed by atoms with van der Waals surface area (Å²) in [4.78, 5) is 26.3. The summed E-state index contributed by atoms with van der Waals surface area (Å²) >= 11 is 0. The Kier molecular flexibility index (Phi) is 6.62. The van der Waals surface area contributed by atoms with Crippen LogP contribution in [0.2, 0.25) is 0 Å². The number of rotatable bonds is 1. The van der Waals surface area contributed by atoms with Crippen molar-refractivity contribution in [3.8, 4) is 0 Å². The second-order valence-electron chi connectivity index (χ2n) is 12.5. The number of hydrogen-bond acceptors (Lipinski definition) is 11. The fourth-order valence-corrected chi connectivity index (χ4v) is 7.38. The normalized spacial score (nSPS) is 52.6. The quantitative estimate of drug-likeness (QED) is 0.232. The van der Waals surface area contributed by atoms with Gasteiger partial charge in [-0.2, -0.15) is 0 Å². The molecule has 6 rings (SSSR count). The second-order valence-corrected chi connectivity index (χ2v) is 12.5. The third-order valence-electron chi connectivity index (χ3n) is 10.3. The Bertz CT molecular complexity index is 1160. The van der Waals surface area contributed by atoms with Crippen LogP contribution in [-0.4, -0.2) is 107 Å². The highest BCUT2D eigenvalue weighted by Crippen LogP contribution is 2.72. The van der Waals surface area contributed by atoms with Crippen LogP contribution in [0.1, 0.15) is 40.5 Å². The Hall–Kier alpha value is -2.12. The van der Waals surface area contributed by atoms with E-state index in [1.807, 2.05) is 19.9 Å². The SMILES string of the molecule is CC1=C[C@@H]2O[C@H]3C[C@@H]4OC(=O)/C=C/C=C/[C@H]([C@H](C)O)OC[C@@H](O)[C@]5(C)O[C@H]5C(=O)OC[C@]2(C[C@@H]1O)[C@@]4(C)[C@@]31CO1. The highest BCUT2D eigenvalue weighted by atomic mass is 16.7. The van der Waals surface area contributed by atoms with E-state index in [1.54, 1.807) is 26.0 Å². The molecule has 0 amide bonds. The van der Waals surface area contributed by atoms with E-state index in [0.29, 0.717) is 13.0 Å². The zero-order valence-corrected chi connectivity index (χ0v) is 23.1. The molecule has 0 radical (unpaired) electrons. The van der Waals surface area contributed by atoms with Gasteiger partial charge in [-0.25, -0.2) is 9.59 Å². The van der Waals surface area contributed by atoms with E-state index < -0.39 is 76.7 Å². The molecule has 220 valence electrons. The summed E-state index contributed by atoms with van der Waals surface area (Å²) in [7, 11) is 0. The molecule has 11 nitrogen and oxygen atoms in total. The van der Waals surface area contributed by atoms with Gasteiger partial charge in [-0.15, -0.1) is 0 Å². The fraction of sp³-hybridized carbons (Fsp3) is 0.724. The molecule has 40 heavy (non-hydrogen) atoms. The van der Waals surface area contributed by atoms with Crippen molar-refractivity contribution < 1.29 is 53.3 Å². The molecule has 6 aliphatic rings. The fourth-order valence-electron chi connectivity index (χ4n) is 7.38. The number of cyclic esters (lactones) is 1. The lowest BCUT2D eigenvalue weighted by molar-refractivity contribution is -0.239. The van der Waals surface area contributed by atoms with Crippen LogP contribution in [0.5, 0.6) is 0 Å². The Morgan fingerprint density at radius 3 is 2.55 bits per heavy atom. The van der Waals surface area contributed by atoms with E-state index in [0.717, 1.165) is 5.57 Å². The maximum absolute atomic E-state index is 13.3. The first kappa shape index (κ1) is 28.0. The lowest BCUT2D eigenvalue weighted by atomic mass is 9.51. The highest BCUT2D eigenvalue weighted by Gasteiger charge is 2.83. The van der Waals surface area contributed by atoms with Gasteiger partial charge in [0, 0.05) is 17.9 Å². The molecule has 2 spiro atoms. The van der Waals surface area contributed by atoms with Crippen LogP contribution in [0.4, 0.5) is 0 Å². The molecular formula is C29H38O11. The van der Waals surface area contributed by atoms with Crippen molar-refractivity contribution in [2.45, 2.75) is 101 Å². The van der Waals surface area contributed by atoms with Crippen molar-refractivity contribution in [3.05, 3.63) is 36.0 Å². The third kappa shape index (κ3) is 3.97. The maximum Gasteiger partial charge on any atom is 0.338 e. The van der Waals surface area contributed by atoms with Crippen LogP contribution in [0.15, 0.2) is 36.0 Å². The van der Waals surface area contributed by atoms with Gasteiger partial charge >= 0.3 is 11.9 Å². The van der Waals surface area contributed by atoms with Gasteiger partial charge in [0.2, 0.25) is 0 Å². The Labute approximate surface area is 232 Å². The molecule has 11 heteroatoms. The van der Waals surface area contributed by atoms with Crippen molar-refractivity contribution in [3.63, 3.8) is 0 Å². The zero-order valence-electron chi connectivity index (χ0n) is 23.1. The minimum absolute atomic E-state index is 0.134.